The summed E-state index contributed by atoms with van der Waals surface area (Å²) >= 11 is 1.71. The van der Waals surface area contributed by atoms with Gasteiger partial charge in [0.15, 0.2) is 0 Å². The van der Waals surface area contributed by atoms with Gasteiger partial charge in [0.25, 0.3) is 0 Å². The van der Waals surface area contributed by atoms with Crippen LogP contribution in [0.15, 0.2) is 132 Å². The van der Waals surface area contributed by atoms with Crippen molar-refractivity contribution in [1.82, 2.24) is 9.55 Å². The van der Waals surface area contributed by atoms with E-state index < -0.39 is 0 Å². The van der Waals surface area contributed by atoms with E-state index >= 15 is 0 Å². The highest BCUT2D eigenvalue weighted by atomic mass is 32.2. The average molecular weight is 514 g/mol. The molecule has 188 valence electrons. The number of terminal acetylenes is 1. The van der Waals surface area contributed by atoms with Crippen LogP contribution in [-0.2, 0) is 0 Å². The number of imidazole rings is 1. The standard InChI is InChI=1S/C32H25N3S.C2H6/c1-5-9-14-24(6-2)35-28-16-11-10-15-26(28)33-32(35)23-19-21-25(22-20-23)34-27(7-3)30(8-4)36-31-18-13-12-17-29(31)34;1-2/h1,6-22H,3-4H2,2H3;1-2H3/b14-9-,24-6+;. The Morgan fingerprint density at radius 1 is 0.947 bits per heavy atom. The third-order valence-corrected chi connectivity index (χ3v) is 7.21. The number of aromatic nitrogens is 2. The first-order valence-corrected chi connectivity index (χ1v) is 13.4. The van der Waals surface area contributed by atoms with Crippen molar-refractivity contribution in [2.45, 2.75) is 25.7 Å². The van der Waals surface area contributed by atoms with Gasteiger partial charge in [-0.1, -0.05) is 81.1 Å². The second kappa shape index (κ2) is 12.2. The molecule has 0 radical (unpaired) electrons. The van der Waals surface area contributed by atoms with E-state index in [9.17, 15) is 0 Å². The van der Waals surface area contributed by atoms with Crippen LogP contribution in [0.1, 0.15) is 20.8 Å². The number of rotatable bonds is 6. The molecule has 3 aromatic carbocycles. The molecule has 4 heteroatoms. The molecule has 0 saturated carbocycles. The predicted molar refractivity (Wildman–Crippen MR) is 166 cm³/mol. The first-order valence-electron chi connectivity index (χ1n) is 12.6. The van der Waals surface area contributed by atoms with Crippen molar-refractivity contribution in [3.63, 3.8) is 0 Å². The largest absolute Gasteiger partial charge is 0.308 e. The number of anilines is 2. The normalized spacial score (nSPS) is 13.1. The van der Waals surface area contributed by atoms with Crippen LogP contribution in [0.5, 0.6) is 0 Å². The van der Waals surface area contributed by atoms with Gasteiger partial charge in [0.05, 0.1) is 22.4 Å². The zero-order chi connectivity index (χ0) is 27.1. The molecule has 1 aliphatic rings. The predicted octanol–water partition coefficient (Wildman–Crippen LogP) is 9.61. The van der Waals surface area contributed by atoms with Gasteiger partial charge in [0, 0.05) is 26.7 Å². The highest BCUT2D eigenvalue weighted by Crippen LogP contribution is 2.47. The second-order valence-electron chi connectivity index (χ2n) is 8.08. The third kappa shape index (κ3) is 4.89. The second-order valence-corrected chi connectivity index (χ2v) is 9.17. The number of fused-ring (bicyclic) bond motifs is 2. The van der Waals surface area contributed by atoms with Crippen LogP contribution in [-0.4, -0.2) is 9.55 Å². The van der Waals surface area contributed by atoms with Crippen LogP contribution >= 0.6 is 11.8 Å². The number of benzene rings is 3. The first-order chi connectivity index (χ1) is 18.7. The van der Waals surface area contributed by atoms with E-state index in [0.717, 1.165) is 50.1 Å². The van der Waals surface area contributed by atoms with Gasteiger partial charge >= 0.3 is 0 Å². The molecule has 38 heavy (non-hydrogen) atoms. The topological polar surface area (TPSA) is 21.1 Å². The summed E-state index contributed by atoms with van der Waals surface area (Å²) < 4.78 is 2.15. The molecule has 0 fully saturated rings. The molecule has 1 aromatic heterocycles. The van der Waals surface area contributed by atoms with Crippen LogP contribution < -0.4 is 4.90 Å². The highest BCUT2D eigenvalue weighted by Gasteiger charge is 2.24. The molecule has 4 aromatic rings. The van der Waals surface area contributed by atoms with Crippen molar-refractivity contribution < 1.29 is 0 Å². The fourth-order valence-electron chi connectivity index (χ4n) is 4.43. The average Bonchev–Trinajstić information content (AvgIpc) is 3.37. The number of nitrogens with zero attached hydrogens (tertiary/aromatic N) is 3. The Labute approximate surface area is 230 Å². The molecular formula is C34H31N3S. The molecule has 0 aliphatic carbocycles. The van der Waals surface area contributed by atoms with E-state index in [4.69, 9.17) is 11.4 Å². The Bertz CT molecular complexity index is 1610. The third-order valence-electron chi connectivity index (χ3n) is 6.05. The van der Waals surface area contributed by atoms with Crippen molar-refractivity contribution in [3.8, 4) is 23.7 Å². The van der Waals surface area contributed by atoms with Gasteiger partial charge in [-0.25, -0.2) is 4.98 Å². The molecular weight excluding hydrogens is 482 g/mol. The van der Waals surface area contributed by atoms with Gasteiger partial charge in [0.2, 0.25) is 0 Å². The quantitative estimate of drug-likeness (QED) is 0.189. The van der Waals surface area contributed by atoms with Crippen molar-refractivity contribution >= 4 is 39.9 Å². The van der Waals surface area contributed by atoms with Gasteiger partial charge in [0.1, 0.15) is 5.82 Å². The van der Waals surface area contributed by atoms with Crippen molar-refractivity contribution in [3.05, 3.63) is 127 Å². The molecule has 0 bridgehead atoms. The molecule has 0 N–H and O–H groups in total. The maximum atomic E-state index is 5.50. The maximum Gasteiger partial charge on any atom is 0.145 e. The summed E-state index contributed by atoms with van der Waals surface area (Å²) in [7, 11) is 0. The minimum atomic E-state index is 0.860. The van der Waals surface area contributed by atoms with E-state index in [1.807, 2.05) is 63.3 Å². The summed E-state index contributed by atoms with van der Waals surface area (Å²) in [6, 6.07) is 25.0. The zero-order valence-corrected chi connectivity index (χ0v) is 22.9. The van der Waals surface area contributed by atoms with E-state index in [1.165, 1.54) is 4.90 Å². The van der Waals surface area contributed by atoms with Crippen LogP contribution in [0.2, 0.25) is 0 Å². The maximum absolute atomic E-state index is 5.50. The highest BCUT2D eigenvalue weighted by molar-refractivity contribution is 8.03. The summed E-state index contributed by atoms with van der Waals surface area (Å²) in [5, 5.41) is 0. The smallest absolute Gasteiger partial charge is 0.145 e. The molecule has 0 amide bonds. The lowest BCUT2D eigenvalue weighted by Gasteiger charge is -2.33. The zero-order valence-electron chi connectivity index (χ0n) is 22.1. The van der Waals surface area contributed by atoms with Crippen LogP contribution in [0, 0.1) is 12.3 Å². The van der Waals surface area contributed by atoms with Crippen molar-refractivity contribution in [2.75, 3.05) is 4.90 Å². The van der Waals surface area contributed by atoms with Gasteiger partial charge < -0.3 is 4.90 Å². The van der Waals surface area contributed by atoms with Gasteiger partial charge in [-0.15, -0.1) is 6.42 Å². The summed E-state index contributed by atoms with van der Waals surface area (Å²) in [5.41, 5.74) is 7.12. The number of thioether (sulfide) groups is 1. The Hall–Kier alpha value is -4.46. The Morgan fingerprint density at radius 3 is 2.34 bits per heavy atom. The van der Waals surface area contributed by atoms with Crippen molar-refractivity contribution in [1.29, 1.82) is 0 Å². The molecule has 2 heterocycles. The lowest BCUT2D eigenvalue weighted by atomic mass is 10.1. The van der Waals surface area contributed by atoms with Crippen LogP contribution in [0.4, 0.5) is 11.4 Å². The Kier molecular flexibility index (Phi) is 8.53. The number of allylic oxidation sites excluding steroid dienone is 6. The van der Waals surface area contributed by atoms with E-state index in [-0.39, 0.29) is 0 Å². The summed E-state index contributed by atoms with van der Waals surface area (Å²) in [6.45, 7) is 14.1. The number of hydrogen-bond donors (Lipinski definition) is 0. The summed E-state index contributed by atoms with van der Waals surface area (Å²) in [4.78, 5) is 9.47. The SMILES string of the molecule is C#C/C=C\C(=C/C)n1c(-c2ccc(N3C(C=C)=C(C=C)Sc4ccccc43)cc2)nc2ccccc21.CC. The molecule has 0 unspecified atom stereocenters. The van der Waals surface area contributed by atoms with Gasteiger partial charge in [-0.05, 0) is 73.7 Å². The van der Waals surface area contributed by atoms with Crippen LogP contribution in [0.3, 0.4) is 0 Å². The fraction of sp³-hybridized carbons (Fsp3) is 0.0882. The number of para-hydroxylation sites is 3. The molecule has 0 saturated heterocycles. The molecule has 3 nitrogen and oxygen atoms in total. The van der Waals surface area contributed by atoms with E-state index in [2.05, 4.69) is 83.1 Å². The lowest BCUT2D eigenvalue weighted by Crippen LogP contribution is -2.19. The first kappa shape index (κ1) is 26.6. The number of hydrogen-bond acceptors (Lipinski definition) is 3. The summed E-state index contributed by atoms with van der Waals surface area (Å²) in [6.07, 6.45) is 15.0. The minimum Gasteiger partial charge on any atom is -0.308 e. The lowest BCUT2D eigenvalue weighted by molar-refractivity contribution is 1.13. The monoisotopic (exact) mass is 513 g/mol. The molecule has 0 spiro atoms. The summed E-state index contributed by atoms with van der Waals surface area (Å²) in [5.74, 6) is 3.45. The Morgan fingerprint density at radius 2 is 1.66 bits per heavy atom. The van der Waals surface area contributed by atoms with E-state index in [1.54, 1.807) is 17.8 Å². The van der Waals surface area contributed by atoms with E-state index in [0.29, 0.717) is 0 Å². The Balaban J connectivity index is 0.00000164. The van der Waals surface area contributed by atoms with Crippen LogP contribution in [0.25, 0.3) is 28.1 Å². The molecule has 5 rings (SSSR count). The van der Waals surface area contributed by atoms with Crippen molar-refractivity contribution in [2.24, 2.45) is 0 Å². The molecule has 0 atom stereocenters. The fourth-order valence-corrected chi connectivity index (χ4v) is 5.44. The molecule has 1 aliphatic heterocycles. The minimum absolute atomic E-state index is 0.860. The van der Waals surface area contributed by atoms with Gasteiger partial charge in [-0.2, -0.15) is 0 Å². The van der Waals surface area contributed by atoms with Gasteiger partial charge in [-0.3, -0.25) is 4.57 Å².